The molecular weight excluding hydrogens is 388 g/mol. The minimum Gasteiger partial charge on any atom is -0.367 e. The molecule has 0 spiro atoms. The van der Waals surface area contributed by atoms with Gasteiger partial charge >= 0.3 is 0 Å². The van der Waals surface area contributed by atoms with Crippen LogP contribution in [0, 0.1) is 11.6 Å². The second kappa shape index (κ2) is 10.6. The summed E-state index contributed by atoms with van der Waals surface area (Å²) in [5.41, 5.74) is 1.42. The number of nitrogens with one attached hydrogen (secondary N) is 3. The molecule has 2 aromatic carbocycles. The summed E-state index contributed by atoms with van der Waals surface area (Å²) < 4.78 is 27.2. The number of nitrogens with zero attached hydrogens (tertiary/aromatic N) is 2. The van der Waals surface area contributed by atoms with E-state index in [1.54, 1.807) is 0 Å². The fourth-order valence-corrected chi connectivity index (χ4v) is 3.35. The first-order valence-electron chi connectivity index (χ1n) is 10.1. The molecule has 0 aliphatic carbocycles. The first kappa shape index (κ1) is 21.5. The van der Waals surface area contributed by atoms with E-state index in [0.29, 0.717) is 37.8 Å². The van der Waals surface area contributed by atoms with Crippen LogP contribution in [0.25, 0.3) is 0 Å². The van der Waals surface area contributed by atoms with E-state index in [4.69, 9.17) is 0 Å². The van der Waals surface area contributed by atoms with Gasteiger partial charge in [0.1, 0.15) is 18.2 Å². The minimum atomic E-state index is -0.586. The highest BCUT2D eigenvalue weighted by Gasteiger charge is 2.25. The fourth-order valence-electron chi connectivity index (χ4n) is 3.35. The Bertz CT molecular complexity index is 875. The Morgan fingerprint density at radius 3 is 2.70 bits per heavy atom. The smallest absolute Gasteiger partial charge is 0.242 e. The molecule has 1 fully saturated rings. The van der Waals surface area contributed by atoms with Crippen molar-refractivity contribution < 1.29 is 13.6 Å². The number of anilines is 1. The number of aliphatic imine (C=N–C) groups is 1. The molecule has 0 bridgehead atoms. The molecule has 1 aliphatic rings. The summed E-state index contributed by atoms with van der Waals surface area (Å²) in [6.45, 7) is 4.28. The van der Waals surface area contributed by atoms with Crippen LogP contribution in [0.15, 0.2) is 53.5 Å². The molecule has 0 saturated carbocycles. The number of hydrogen-bond donors (Lipinski definition) is 3. The highest BCUT2D eigenvalue weighted by molar-refractivity contribution is 5.85. The third-order valence-electron chi connectivity index (χ3n) is 4.84. The number of halogens is 2. The standard InChI is InChI=1S/C22H27F2N5O/c1-2-25-22(27-14-21(30)26-13-16-6-4-3-5-7-16)28-18-10-11-29(15-18)20-9-8-17(23)12-19(20)24/h3-9,12,18H,2,10-11,13-15H2,1H3,(H,26,30)(H2,25,27,28). The van der Waals surface area contributed by atoms with E-state index >= 15 is 0 Å². The molecule has 3 rings (SSSR count). The van der Waals surface area contributed by atoms with E-state index in [1.165, 1.54) is 12.1 Å². The Morgan fingerprint density at radius 2 is 1.97 bits per heavy atom. The lowest BCUT2D eigenvalue weighted by Gasteiger charge is -2.21. The van der Waals surface area contributed by atoms with Gasteiger partial charge in [0.2, 0.25) is 5.91 Å². The Labute approximate surface area is 175 Å². The maximum atomic E-state index is 14.0. The SMILES string of the molecule is CCNC(=NCC(=O)NCc1ccccc1)NC1CCN(c2ccc(F)cc2F)C1. The van der Waals surface area contributed by atoms with Gasteiger partial charge in [-0.3, -0.25) is 4.79 Å². The van der Waals surface area contributed by atoms with E-state index in [0.717, 1.165) is 18.1 Å². The molecule has 3 N–H and O–H groups in total. The average Bonchev–Trinajstić information content (AvgIpc) is 3.19. The number of carbonyl (C=O) groups excluding carboxylic acids is 1. The van der Waals surface area contributed by atoms with Gasteiger partial charge in [-0.15, -0.1) is 0 Å². The van der Waals surface area contributed by atoms with Crippen molar-refractivity contribution in [2.45, 2.75) is 25.9 Å². The zero-order valence-electron chi connectivity index (χ0n) is 17.0. The molecule has 1 unspecified atom stereocenters. The summed E-state index contributed by atoms with van der Waals surface area (Å²) >= 11 is 0. The topological polar surface area (TPSA) is 68.8 Å². The van der Waals surface area contributed by atoms with Crippen LogP contribution in [-0.2, 0) is 11.3 Å². The van der Waals surface area contributed by atoms with Crippen LogP contribution in [0.4, 0.5) is 14.5 Å². The molecule has 1 amide bonds. The molecule has 1 heterocycles. The Balaban J connectivity index is 1.51. The average molecular weight is 415 g/mol. The predicted molar refractivity (Wildman–Crippen MR) is 114 cm³/mol. The van der Waals surface area contributed by atoms with E-state index < -0.39 is 11.6 Å². The Morgan fingerprint density at radius 1 is 1.17 bits per heavy atom. The molecular formula is C22H27F2N5O. The van der Waals surface area contributed by atoms with Gasteiger partial charge in [0.15, 0.2) is 5.96 Å². The van der Waals surface area contributed by atoms with Crippen LogP contribution >= 0.6 is 0 Å². The predicted octanol–water partition coefficient (Wildman–Crippen LogP) is 2.42. The van der Waals surface area contributed by atoms with Gasteiger partial charge in [-0.1, -0.05) is 30.3 Å². The van der Waals surface area contributed by atoms with E-state index in [9.17, 15) is 13.6 Å². The summed E-state index contributed by atoms with van der Waals surface area (Å²) in [6.07, 6.45) is 0.779. The highest BCUT2D eigenvalue weighted by Crippen LogP contribution is 2.24. The first-order chi connectivity index (χ1) is 14.5. The summed E-state index contributed by atoms with van der Waals surface area (Å²) in [4.78, 5) is 18.3. The zero-order valence-corrected chi connectivity index (χ0v) is 17.0. The van der Waals surface area contributed by atoms with Gasteiger partial charge in [-0.05, 0) is 31.0 Å². The van der Waals surface area contributed by atoms with Crippen molar-refractivity contribution in [1.29, 1.82) is 0 Å². The van der Waals surface area contributed by atoms with Gasteiger partial charge < -0.3 is 20.9 Å². The second-order valence-corrected chi connectivity index (χ2v) is 7.13. The molecule has 1 saturated heterocycles. The molecule has 6 nitrogen and oxygen atoms in total. The normalized spacial score (nSPS) is 16.4. The first-order valence-corrected chi connectivity index (χ1v) is 10.1. The summed E-state index contributed by atoms with van der Waals surface area (Å²) in [6, 6.07) is 13.3. The maximum Gasteiger partial charge on any atom is 0.242 e. The molecule has 1 atom stereocenters. The third kappa shape index (κ3) is 6.17. The van der Waals surface area contributed by atoms with Crippen LogP contribution < -0.4 is 20.9 Å². The van der Waals surface area contributed by atoms with Crippen molar-refractivity contribution >= 4 is 17.6 Å². The number of amides is 1. The van der Waals surface area contributed by atoms with Crippen molar-refractivity contribution in [2.75, 3.05) is 31.1 Å². The lowest BCUT2D eigenvalue weighted by molar-refractivity contribution is -0.119. The summed E-state index contributed by atoms with van der Waals surface area (Å²) in [7, 11) is 0. The number of benzene rings is 2. The van der Waals surface area contributed by atoms with Crippen LogP contribution in [0.5, 0.6) is 0 Å². The summed E-state index contributed by atoms with van der Waals surface area (Å²) in [5.74, 6) is -0.778. The molecule has 1 aliphatic heterocycles. The molecule has 0 aromatic heterocycles. The Hall–Kier alpha value is -3.16. The van der Waals surface area contributed by atoms with Crippen molar-refractivity contribution in [3.05, 3.63) is 65.7 Å². The molecule has 160 valence electrons. The van der Waals surface area contributed by atoms with E-state index in [-0.39, 0.29) is 18.5 Å². The van der Waals surface area contributed by atoms with Crippen molar-refractivity contribution in [3.63, 3.8) is 0 Å². The number of guanidine groups is 1. The zero-order chi connectivity index (χ0) is 21.3. The minimum absolute atomic E-state index is 0.00515. The van der Waals surface area contributed by atoms with Crippen LogP contribution in [0.2, 0.25) is 0 Å². The number of hydrogen-bond acceptors (Lipinski definition) is 3. The van der Waals surface area contributed by atoms with Gasteiger partial charge in [0.25, 0.3) is 0 Å². The van der Waals surface area contributed by atoms with Crippen molar-refractivity contribution in [3.8, 4) is 0 Å². The fraction of sp³-hybridized carbons (Fsp3) is 0.364. The van der Waals surface area contributed by atoms with Gasteiger partial charge in [-0.2, -0.15) is 0 Å². The third-order valence-corrected chi connectivity index (χ3v) is 4.84. The summed E-state index contributed by atoms with van der Waals surface area (Å²) in [5, 5.41) is 9.27. The van der Waals surface area contributed by atoms with E-state index in [2.05, 4.69) is 20.9 Å². The van der Waals surface area contributed by atoms with Gasteiger partial charge in [0, 0.05) is 38.3 Å². The lowest BCUT2D eigenvalue weighted by Crippen LogP contribution is -2.45. The highest BCUT2D eigenvalue weighted by atomic mass is 19.1. The monoisotopic (exact) mass is 415 g/mol. The quantitative estimate of drug-likeness (QED) is 0.480. The number of rotatable bonds is 7. The molecule has 30 heavy (non-hydrogen) atoms. The second-order valence-electron chi connectivity index (χ2n) is 7.13. The van der Waals surface area contributed by atoms with Crippen molar-refractivity contribution in [1.82, 2.24) is 16.0 Å². The molecule has 8 heteroatoms. The molecule has 2 aromatic rings. The number of carbonyl (C=O) groups is 1. The molecule has 0 radical (unpaired) electrons. The van der Waals surface area contributed by atoms with Gasteiger partial charge in [-0.25, -0.2) is 13.8 Å². The van der Waals surface area contributed by atoms with Gasteiger partial charge in [0.05, 0.1) is 5.69 Å². The maximum absolute atomic E-state index is 14.0. The lowest BCUT2D eigenvalue weighted by atomic mass is 10.2. The van der Waals surface area contributed by atoms with Crippen LogP contribution in [0.3, 0.4) is 0 Å². The van der Waals surface area contributed by atoms with Crippen molar-refractivity contribution in [2.24, 2.45) is 4.99 Å². The van der Waals surface area contributed by atoms with E-state index in [1.807, 2.05) is 42.2 Å². The Kier molecular flexibility index (Phi) is 7.59. The van der Waals surface area contributed by atoms with Crippen LogP contribution in [-0.4, -0.2) is 44.1 Å². The largest absolute Gasteiger partial charge is 0.367 e. The van der Waals surface area contributed by atoms with Crippen LogP contribution in [0.1, 0.15) is 18.9 Å².